The summed E-state index contributed by atoms with van der Waals surface area (Å²) in [5, 5.41) is 21.2. The van der Waals surface area contributed by atoms with Crippen LogP contribution < -0.4 is 5.32 Å². The summed E-state index contributed by atoms with van der Waals surface area (Å²) >= 11 is 1.56. The van der Waals surface area contributed by atoms with E-state index in [-0.39, 0.29) is 28.1 Å². The number of hydrogen-bond donors (Lipinski definition) is 3. The van der Waals surface area contributed by atoms with E-state index >= 15 is 0 Å². The quantitative estimate of drug-likeness (QED) is 0.790. The van der Waals surface area contributed by atoms with Crippen molar-refractivity contribution in [1.82, 2.24) is 5.32 Å². The molecule has 3 N–H and O–H groups in total. The van der Waals surface area contributed by atoms with Crippen molar-refractivity contribution in [3.05, 3.63) is 35.4 Å². The van der Waals surface area contributed by atoms with E-state index in [9.17, 15) is 14.7 Å². The number of carbonyl (C=O) groups is 2. The van der Waals surface area contributed by atoms with Gasteiger partial charge in [0.25, 0.3) is 0 Å². The fraction of sp³-hybridized carbons (Fsp3) is 0.429. The Hall–Kier alpha value is -1.53. The molecule has 0 bridgehead atoms. The summed E-state index contributed by atoms with van der Waals surface area (Å²) < 4.78 is -0.269. The summed E-state index contributed by atoms with van der Waals surface area (Å²) in [7, 11) is 0. The number of nitrogens with one attached hydrogen (secondary N) is 1. The molecule has 108 valence electrons. The molecule has 5 nitrogen and oxygen atoms in total. The Kier molecular flexibility index (Phi) is 4.06. The second kappa shape index (κ2) is 5.46. The van der Waals surface area contributed by atoms with Crippen LogP contribution in [0.4, 0.5) is 0 Å². The zero-order chi connectivity index (χ0) is 14.9. The van der Waals surface area contributed by atoms with Gasteiger partial charge >= 0.3 is 11.9 Å². The second-order valence-corrected chi connectivity index (χ2v) is 7.07. The maximum Gasteiger partial charge on any atom is 0.336 e. The third-order valence-electron chi connectivity index (χ3n) is 3.47. The average molecular weight is 295 g/mol. The minimum absolute atomic E-state index is 0.0196. The van der Waals surface area contributed by atoms with Gasteiger partial charge in [-0.05, 0) is 25.5 Å². The van der Waals surface area contributed by atoms with Gasteiger partial charge in [0.1, 0.15) is 0 Å². The predicted molar refractivity (Wildman–Crippen MR) is 77.0 cm³/mol. The van der Waals surface area contributed by atoms with Gasteiger partial charge in [0.05, 0.1) is 17.4 Å². The Labute approximate surface area is 121 Å². The molecule has 1 aromatic carbocycles. The van der Waals surface area contributed by atoms with Gasteiger partial charge in [-0.3, -0.25) is 10.1 Å². The number of hydrogen-bond acceptors (Lipinski definition) is 4. The molecule has 1 fully saturated rings. The van der Waals surface area contributed by atoms with Crippen molar-refractivity contribution in [2.75, 3.05) is 0 Å². The minimum atomic E-state index is -0.970. The van der Waals surface area contributed by atoms with Gasteiger partial charge in [0.15, 0.2) is 0 Å². The number of thioether (sulfide) groups is 1. The van der Waals surface area contributed by atoms with E-state index in [1.807, 2.05) is 13.8 Å². The molecule has 0 saturated carbocycles. The number of rotatable bonds is 4. The van der Waals surface area contributed by atoms with Gasteiger partial charge < -0.3 is 10.2 Å². The molecule has 1 heterocycles. The van der Waals surface area contributed by atoms with Gasteiger partial charge in [-0.2, -0.15) is 0 Å². The standard InChI is InChI=1S/C14H17NO4S/c1-14(2)10(7-11(16)17)15-12(20-14)8-5-3-4-6-9(8)13(18)19/h3-6,10,12,15H,7H2,1-2H3,(H,16,17)(H,18,19)/t10-,12-/m1/s1. The molecule has 0 aromatic heterocycles. The van der Waals surface area contributed by atoms with Crippen molar-refractivity contribution in [1.29, 1.82) is 0 Å². The Morgan fingerprint density at radius 1 is 1.30 bits per heavy atom. The third kappa shape index (κ3) is 2.96. The van der Waals surface area contributed by atoms with Gasteiger partial charge in [-0.15, -0.1) is 11.8 Å². The molecule has 20 heavy (non-hydrogen) atoms. The Morgan fingerprint density at radius 3 is 2.55 bits per heavy atom. The van der Waals surface area contributed by atoms with E-state index < -0.39 is 11.9 Å². The van der Waals surface area contributed by atoms with Crippen LogP contribution in [0.15, 0.2) is 24.3 Å². The average Bonchev–Trinajstić information content (AvgIpc) is 2.64. The van der Waals surface area contributed by atoms with Crippen molar-refractivity contribution in [3.8, 4) is 0 Å². The Morgan fingerprint density at radius 2 is 1.95 bits per heavy atom. The van der Waals surface area contributed by atoms with E-state index in [0.717, 1.165) is 0 Å². The summed E-state index contributed by atoms with van der Waals surface area (Å²) in [6.07, 6.45) is 0.0196. The van der Waals surface area contributed by atoms with E-state index in [2.05, 4.69) is 5.32 Å². The van der Waals surface area contributed by atoms with Crippen molar-refractivity contribution in [2.45, 2.75) is 36.4 Å². The molecule has 1 aliphatic heterocycles. The molecule has 0 spiro atoms. The zero-order valence-electron chi connectivity index (χ0n) is 11.3. The smallest absolute Gasteiger partial charge is 0.336 e. The fourth-order valence-corrected chi connectivity index (χ4v) is 3.84. The SMILES string of the molecule is CC1(C)S[C@H](c2ccccc2C(=O)O)N[C@@H]1CC(=O)O. The molecule has 0 unspecified atom stereocenters. The van der Waals surface area contributed by atoms with Crippen molar-refractivity contribution in [2.24, 2.45) is 0 Å². The van der Waals surface area contributed by atoms with Gasteiger partial charge in [0, 0.05) is 10.8 Å². The van der Waals surface area contributed by atoms with Crippen LogP contribution in [0, 0.1) is 0 Å². The summed E-state index contributed by atoms with van der Waals surface area (Å²) in [6, 6.07) is 6.62. The fourth-order valence-electron chi connectivity index (χ4n) is 2.36. The van der Waals surface area contributed by atoms with Crippen LogP contribution in [0.25, 0.3) is 0 Å². The van der Waals surface area contributed by atoms with Gasteiger partial charge in [0.2, 0.25) is 0 Å². The maximum absolute atomic E-state index is 11.3. The summed E-state index contributed by atoms with van der Waals surface area (Å²) in [5.41, 5.74) is 0.940. The highest BCUT2D eigenvalue weighted by molar-refractivity contribution is 8.01. The van der Waals surface area contributed by atoms with E-state index in [1.165, 1.54) is 0 Å². The van der Waals surface area contributed by atoms with Crippen LogP contribution in [0.3, 0.4) is 0 Å². The number of carboxylic acids is 2. The van der Waals surface area contributed by atoms with Gasteiger partial charge in [-0.1, -0.05) is 18.2 Å². The number of benzene rings is 1. The largest absolute Gasteiger partial charge is 0.481 e. The summed E-state index contributed by atoms with van der Waals surface area (Å²) in [5.74, 6) is -1.83. The molecular weight excluding hydrogens is 278 g/mol. The molecule has 2 rings (SSSR count). The molecule has 1 aromatic rings. The molecule has 0 aliphatic carbocycles. The number of aliphatic carboxylic acids is 1. The van der Waals surface area contributed by atoms with Crippen LogP contribution >= 0.6 is 11.8 Å². The lowest BCUT2D eigenvalue weighted by molar-refractivity contribution is -0.137. The lowest BCUT2D eigenvalue weighted by Gasteiger charge is -2.23. The molecule has 1 saturated heterocycles. The number of aromatic carboxylic acids is 1. The molecular formula is C14H17NO4S. The predicted octanol–water partition coefficient (Wildman–Crippen LogP) is 2.34. The first-order valence-electron chi connectivity index (χ1n) is 6.29. The van der Waals surface area contributed by atoms with Crippen LogP contribution in [0.2, 0.25) is 0 Å². The highest BCUT2D eigenvalue weighted by Crippen LogP contribution is 2.47. The molecule has 0 radical (unpaired) electrons. The normalized spacial score (nSPS) is 24.5. The van der Waals surface area contributed by atoms with Crippen LogP contribution in [-0.2, 0) is 4.79 Å². The molecule has 0 amide bonds. The van der Waals surface area contributed by atoms with Crippen LogP contribution in [0.1, 0.15) is 41.6 Å². The third-order valence-corrected chi connectivity index (χ3v) is 4.98. The van der Waals surface area contributed by atoms with Crippen molar-refractivity contribution < 1.29 is 19.8 Å². The molecule has 1 aliphatic rings. The minimum Gasteiger partial charge on any atom is -0.481 e. The Balaban J connectivity index is 2.28. The lowest BCUT2D eigenvalue weighted by Crippen LogP contribution is -2.38. The molecule has 6 heteroatoms. The first-order chi connectivity index (χ1) is 9.31. The van der Waals surface area contributed by atoms with Crippen molar-refractivity contribution in [3.63, 3.8) is 0 Å². The first kappa shape index (κ1) is 14.9. The monoisotopic (exact) mass is 295 g/mol. The Bertz CT molecular complexity index is 544. The lowest BCUT2D eigenvalue weighted by atomic mass is 9.99. The van der Waals surface area contributed by atoms with E-state index in [0.29, 0.717) is 5.56 Å². The van der Waals surface area contributed by atoms with Crippen LogP contribution in [0.5, 0.6) is 0 Å². The molecule has 2 atom stereocenters. The topological polar surface area (TPSA) is 86.6 Å². The highest BCUT2D eigenvalue weighted by Gasteiger charge is 2.43. The maximum atomic E-state index is 11.3. The van der Waals surface area contributed by atoms with E-state index in [1.54, 1.807) is 36.0 Å². The van der Waals surface area contributed by atoms with Gasteiger partial charge in [-0.25, -0.2) is 4.79 Å². The van der Waals surface area contributed by atoms with E-state index in [4.69, 9.17) is 5.11 Å². The second-order valence-electron chi connectivity index (χ2n) is 5.31. The zero-order valence-corrected chi connectivity index (χ0v) is 12.1. The van der Waals surface area contributed by atoms with Crippen LogP contribution in [-0.4, -0.2) is 32.9 Å². The van der Waals surface area contributed by atoms with Crippen molar-refractivity contribution >= 4 is 23.7 Å². The summed E-state index contributed by atoms with van der Waals surface area (Å²) in [4.78, 5) is 22.2. The highest BCUT2D eigenvalue weighted by atomic mass is 32.2. The number of carboxylic acid groups (broad SMARTS) is 2. The first-order valence-corrected chi connectivity index (χ1v) is 7.17. The summed E-state index contributed by atoms with van der Waals surface area (Å²) in [6.45, 7) is 3.95.